The van der Waals surface area contributed by atoms with Crippen LogP contribution in [0, 0.1) is 11.6 Å². The molecule has 0 unspecified atom stereocenters. The van der Waals surface area contributed by atoms with Crippen LogP contribution in [0.1, 0.15) is 12.5 Å². The standard InChI is InChI=1S/C25H22F2N4O3S/c1-3-35(33,34)29-22-10-16(20-14-30(2)24-18(20)6-8-28-25(24)32)11-23-19(22)7-9-31(23)13-15-4-5-17(26)12-21(15)27/h4-12,14,29H,3,13H2,1-2H3,(H,28,32). The maximum Gasteiger partial charge on any atom is 0.236 e. The van der Waals surface area contributed by atoms with Crippen molar-refractivity contribution in [2.45, 2.75) is 13.5 Å². The summed E-state index contributed by atoms with van der Waals surface area (Å²) < 4.78 is 58.8. The molecule has 3 heterocycles. The minimum atomic E-state index is -3.58. The molecule has 0 fully saturated rings. The molecule has 180 valence electrons. The van der Waals surface area contributed by atoms with Gasteiger partial charge in [0.25, 0.3) is 0 Å². The average Bonchev–Trinajstić information content (AvgIpc) is 3.37. The second-order valence-corrected chi connectivity index (χ2v) is 10.3. The van der Waals surface area contributed by atoms with Crippen molar-refractivity contribution >= 4 is 37.5 Å². The Morgan fingerprint density at radius 3 is 2.63 bits per heavy atom. The molecule has 3 aromatic heterocycles. The van der Waals surface area contributed by atoms with Gasteiger partial charge in [-0.3, -0.25) is 4.72 Å². The Hall–Kier alpha value is -3.92. The van der Waals surface area contributed by atoms with Crippen LogP contribution in [0.25, 0.3) is 32.9 Å². The Bertz CT molecular complexity index is 1710. The maximum absolute atomic E-state index is 14.4. The Kier molecular flexibility index (Phi) is 5.47. The molecule has 0 saturated carbocycles. The van der Waals surface area contributed by atoms with E-state index in [1.807, 2.05) is 12.3 Å². The Morgan fingerprint density at radius 1 is 1.09 bits per heavy atom. The van der Waals surface area contributed by atoms with Gasteiger partial charge >= 0.3 is 0 Å². The van der Waals surface area contributed by atoms with Crippen molar-refractivity contribution in [1.29, 1.82) is 0 Å². The van der Waals surface area contributed by atoms with Crippen LogP contribution in [0.4, 0.5) is 14.5 Å². The molecule has 0 saturated heterocycles. The van der Waals surface area contributed by atoms with E-state index in [-0.39, 0.29) is 18.2 Å². The summed E-state index contributed by atoms with van der Waals surface area (Å²) in [6.07, 6.45) is 5.07. The largest absolute Gasteiger partial charge is 0.492 e. The van der Waals surface area contributed by atoms with E-state index in [0.717, 1.165) is 17.0 Å². The monoisotopic (exact) mass is 496 g/mol. The number of hydrogen-bond donors (Lipinski definition) is 2. The number of sulfonamides is 1. The highest BCUT2D eigenvalue weighted by atomic mass is 32.2. The maximum atomic E-state index is 14.4. The van der Waals surface area contributed by atoms with Crippen molar-refractivity contribution in [2.24, 2.45) is 7.05 Å². The molecule has 10 heteroatoms. The van der Waals surface area contributed by atoms with Crippen LogP contribution in [0.3, 0.4) is 0 Å². The van der Waals surface area contributed by atoms with Crippen LogP contribution in [0.2, 0.25) is 0 Å². The zero-order valence-corrected chi connectivity index (χ0v) is 19.8. The summed E-state index contributed by atoms with van der Waals surface area (Å²) in [5.74, 6) is -1.53. The van der Waals surface area contributed by atoms with Crippen LogP contribution in [-0.4, -0.2) is 33.4 Å². The van der Waals surface area contributed by atoms with Gasteiger partial charge in [0, 0.05) is 53.6 Å². The number of aromatic nitrogens is 3. The van der Waals surface area contributed by atoms with Gasteiger partial charge in [0.15, 0.2) is 0 Å². The number of rotatable bonds is 6. The van der Waals surface area contributed by atoms with E-state index >= 15 is 0 Å². The SMILES string of the molecule is CCS(=O)(=O)Nc1cc(-c2cn(C)c3c(O)nccc23)cc2c1ccn2Cc1ccc(F)cc1F. The molecule has 0 atom stereocenters. The van der Waals surface area contributed by atoms with Crippen molar-refractivity contribution < 1.29 is 22.3 Å². The fourth-order valence-corrected chi connectivity index (χ4v) is 4.96. The van der Waals surface area contributed by atoms with Crippen molar-refractivity contribution in [3.63, 3.8) is 0 Å². The summed E-state index contributed by atoms with van der Waals surface area (Å²) >= 11 is 0. The van der Waals surface area contributed by atoms with Gasteiger partial charge < -0.3 is 14.2 Å². The van der Waals surface area contributed by atoms with Crippen molar-refractivity contribution in [2.75, 3.05) is 10.5 Å². The smallest absolute Gasteiger partial charge is 0.236 e. The fourth-order valence-electron chi connectivity index (χ4n) is 4.31. The third kappa shape index (κ3) is 4.10. The third-order valence-electron chi connectivity index (χ3n) is 6.07. The number of fused-ring (bicyclic) bond motifs is 2. The number of pyridine rings is 1. The van der Waals surface area contributed by atoms with Gasteiger partial charge in [0.2, 0.25) is 15.9 Å². The second kappa shape index (κ2) is 8.38. The van der Waals surface area contributed by atoms with Gasteiger partial charge in [-0.2, -0.15) is 0 Å². The molecule has 0 bridgehead atoms. The lowest BCUT2D eigenvalue weighted by molar-refractivity contribution is 0.457. The molecule has 2 aromatic carbocycles. The van der Waals surface area contributed by atoms with Crippen LogP contribution in [0.5, 0.6) is 5.88 Å². The van der Waals surface area contributed by atoms with Gasteiger partial charge in [0.1, 0.15) is 17.2 Å². The van der Waals surface area contributed by atoms with E-state index < -0.39 is 21.7 Å². The summed E-state index contributed by atoms with van der Waals surface area (Å²) in [7, 11) is -1.80. The van der Waals surface area contributed by atoms with E-state index in [2.05, 4.69) is 9.71 Å². The molecule has 35 heavy (non-hydrogen) atoms. The van der Waals surface area contributed by atoms with E-state index in [1.165, 1.54) is 18.3 Å². The molecule has 5 rings (SSSR count). The van der Waals surface area contributed by atoms with Gasteiger partial charge in [-0.1, -0.05) is 6.07 Å². The number of benzene rings is 2. The van der Waals surface area contributed by atoms with Crippen LogP contribution >= 0.6 is 0 Å². The van der Waals surface area contributed by atoms with Crippen molar-refractivity contribution in [3.05, 3.63) is 78.3 Å². The predicted octanol–water partition coefficient (Wildman–Crippen LogP) is 4.99. The number of nitrogens with zero attached hydrogens (tertiary/aromatic N) is 3. The van der Waals surface area contributed by atoms with E-state index in [0.29, 0.717) is 33.2 Å². The van der Waals surface area contributed by atoms with E-state index in [9.17, 15) is 22.3 Å². The van der Waals surface area contributed by atoms with Gasteiger partial charge in [-0.15, -0.1) is 0 Å². The van der Waals surface area contributed by atoms with E-state index in [4.69, 9.17) is 0 Å². The van der Waals surface area contributed by atoms with Crippen molar-refractivity contribution in [3.8, 4) is 17.0 Å². The van der Waals surface area contributed by atoms with Gasteiger partial charge in [-0.25, -0.2) is 22.2 Å². The first-order valence-corrected chi connectivity index (χ1v) is 12.5. The first-order valence-electron chi connectivity index (χ1n) is 10.9. The van der Waals surface area contributed by atoms with Crippen LogP contribution < -0.4 is 4.72 Å². The molecule has 0 aliphatic heterocycles. The highest BCUT2D eigenvalue weighted by Crippen LogP contribution is 2.38. The highest BCUT2D eigenvalue weighted by molar-refractivity contribution is 7.92. The van der Waals surface area contributed by atoms with Crippen molar-refractivity contribution in [1.82, 2.24) is 14.1 Å². The molecule has 2 N–H and O–H groups in total. The van der Waals surface area contributed by atoms with Gasteiger partial charge in [0.05, 0.1) is 23.5 Å². The number of aryl methyl sites for hydroxylation is 1. The minimum absolute atomic E-state index is 0.103. The average molecular weight is 497 g/mol. The molecule has 0 amide bonds. The summed E-state index contributed by atoms with van der Waals surface area (Å²) in [5, 5.41) is 11.6. The Balaban J connectivity index is 1.73. The lowest BCUT2D eigenvalue weighted by atomic mass is 10.0. The Labute approximate surface area is 200 Å². The molecule has 0 radical (unpaired) electrons. The summed E-state index contributed by atoms with van der Waals surface area (Å²) in [6, 6.07) is 10.6. The number of aromatic hydroxyl groups is 1. The molecule has 5 aromatic rings. The lowest BCUT2D eigenvalue weighted by Crippen LogP contribution is -2.14. The molecule has 0 aliphatic rings. The number of anilines is 1. The summed E-state index contributed by atoms with van der Waals surface area (Å²) in [5.41, 5.74) is 3.35. The third-order valence-corrected chi connectivity index (χ3v) is 7.36. The fraction of sp³-hybridized carbons (Fsp3) is 0.160. The normalized spacial score (nSPS) is 12.0. The molecular weight excluding hydrogens is 474 g/mol. The Morgan fingerprint density at radius 2 is 1.89 bits per heavy atom. The zero-order chi connectivity index (χ0) is 24.9. The second-order valence-electron chi connectivity index (χ2n) is 8.33. The number of nitrogens with one attached hydrogen (secondary N) is 1. The predicted molar refractivity (Wildman–Crippen MR) is 132 cm³/mol. The first-order chi connectivity index (χ1) is 16.7. The topological polar surface area (TPSA) is 89.2 Å². The summed E-state index contributed by atoms with van der Waals surface area (Å²) in [4.78, 5) is 3.95. The molecule has 0 spiro atoms. The quantitative estimate of drug-likeness (QED) is 0.347. The number of hydrogen-bond acceptors (Lipinski definition) is 4. The van der Waals surface area contributed by atoms with Gasteiger partial charge in [-0.05, 0) is 42.8 Å². The number of halogens is 2. The zero-order valence-electron chi connectivity index (χ0n) is 19.0. The highest BCUT2D eigenvalue weighted by Gasteiger charge is 2.18. The van der Waals surface area contributed by atoms with Crippen LogP contribution in [-0.2, 0) is 23.6 Å². The molecule has 7 nitrogen and oxygen atoms in total. The first kappa shape index (κ1) is 22.9. The minimum Gasteiger partial charge on any atom is -0.492 e. The molecular formula is C25H22F2N4O3S. The summed E-state index contributed by atoms with van der Waals surface area (Å²) in [6.45, 7) is 1.67. The van der Waals surface area contributed by atoms with Crippen LogP contribution in [0.15, 0.2) is 61.1 Å². The molecule has 0 aliphatic carbocycles. The van der Waals surface area contributed by atoms with E-state index in [1.54, 1.807) is 47.5 Å². The lowest BCUT2D eigenvalue weighted by Gasteiger charge is -2.13.